The summed E-state index contributed by atoms with van der Waals surface area (Å²) in [5, 5.41) is 1.63. The number of ketones is 1. The second-order valence-electron chi connectivity index (χ2n) is 7.84. The van der Waals surface area contributed by atoms with E-state index in [-0.39, 0.29) is 5.78 Å². The predicted molar refractivity (Wildman–Crippen MR) is 129 cm³/mol. The molecular formula is C26H23ClN2O3. The van der Waals surface area contributed by atoms with Crippen molar-refractivity contribution >= 4 is 39.7 Å². The van der Waals surface area contributed by atoms with Gasteiger partial charge >= 0.3 is 0 Å². The number of carbonyl (C=O) groups is 1. The number of ether oxygens (including phenoxy) is 1. The van der Waals surface area contributed by atoms with Gasteiger partial charge in [-0.2, -0.15) is 0 Å². The number of hydrogen-bond acceptors (Lipinski definition) is 5. The smallest absolute Gasteiger partial charge is 0.228 e. The molecule has 0 saturated carbocycles. The van der Waals surface area contributed by atoms with Crippen LogP contribution in [-0.2, 0) is 0 Å². The number of methoxy groups -OCH3 is 1. The zero-order valence-corrected chi connectivity index (χ0v) is 18.5. The molecule has 1 saturated heterocycles. The summed E-state index contributed by atoms with van der Waals surface area (Å²) >= 11 is 6.00. The van der Waals surface area contributed by atoms with Gasteiger partial charge in [0.15, 0.2) is 5.76 Å². The molecular weight excluding hydrogens is 424 g/mol. The molecule has 1 aliphatic heterocycles. The van der Waals surface area contributed by atoms with Crippen LogP contribution in [0.5, 0.6) is 5.75 Å². The molecule has 1 aromatic heterocycles. The first-order valence-corrected chi connectivity index (χ1v) is 11.0. The highest BCUT2D eigenvalue weighted by molar-refractivity contribution is 6.30. The van der Waals surface area contributed by atoms with E-state index < -0.39 is 0 Å². The number of anilines is 2. The second-order valence-corrected chi connectivity index (χ2v) is 8.28. The molecule has 0 atom stereocenters. The van der Waals surface area contributed by atoms with Gasteiger partial charge in [0.25, 0.3) is 0 Å². The van der Waals surface area contributed by atoms with E-state index in [1.54, 1.807) is 19.2 Å². The third-order valence-electron chi connectivity index (χ3n) is 5.92. The first-order valence-electron chi connectivity index (χ1n) is 10.6. The molecule has 0 amide bonds. The highest BCUT2D eigenvalue weighted by Gasteiger charge is 2.19. The zero-order valence-electron chi connectivity index (χ0n) is 17.8. The van der Waals surface area contributed by atoms with Crippen molar-refractivity contribution in [1.82, 2.24) is 0 Å². The number of piperazine rings is 1. The van der Waals surface area contributed by atoms with Crippen LogP contribution in [0.2, 0.25) is 5.02 Å². The maximum atomic E-state index is 12.9. The van der Waals surface area contributed by atoms with Gasteiger partial charge in [-0.1, -0.05) is 11.6 Å². The number of fused-ring (bicyclic) bond motifs is 1. The van der Waals surface area contributed by atoms with Crippen molar-refractivity contribution < 1.29 is 13.9 Å². The van der Waals surface area contributed by atoms with Crippen LogP contribution in [0.3, 0.4) is 0 Å². The van der Waals surface area contributed by atoms with Gasteiger partial charge in [-0.25, -0.2) is 0 Å². The minimum Gasteiger partial charge on any atom is -0.497 e. The van der Waals surface area contributed by atoms with Crippen molar-refractivity contribution in [1.29, 1.82) is 0 Å². The fraction of sp³-hybridized carbons (Fsp3) is 0.192. The largest absolute Gasteiger partial charge is 0.497 e. The third-order valence-corrected chi connectivity index (χ3v) is 6.17. The maximum absolute atomic E-state index is 12.9. The minimum absolute atomic E-state index is 0.126. The van der Waals surface area contributed by atoms with Crippen molar-refractivity contribution in [3.8, 4) is 5.75 Å². The summed E-state index contributed by atoms with van der Waals surface area (Å²) in [6.07, 6.45) is 0. The second kappa shape index (κ2) is 8.60. The molecule has 0 bridgehead atoms. The van der Waals surface area contributed by atoms with Crippen LogP contribution < -0.4 is 14.5 Å². The highest BCUT2D eigenvalue weighted by atomic mass is 35.5. The molecule has 0 aliphatic carbocycles. The van der Waals surface area contributed by atoms with Crippen LogP contribution in [-0.4, -0.2) is 39.1 Å². The Morgan fingerprint density at radius 2 is 1.44 bits per heavy atom. The lowest BCUT2D eigenvalue weighted by molar-refractivity contribution is 0.101. The normalized spacial score (nSPS) is 14.1. The van der Waals surface area contributed by atoms with Gasteiger partial charge in [-0.05, 0) is 66.7 Å². The minimum atomic E-state index is -0.126. The molecule has 0 N–H and O–H groups in total. The van der Waals surface area contributed by atoms with Crippen LogP contribution in [0, 0.1) is 0 Å². The van der Waals surface area contributed by atoms with Gasteiger partial charge in [0.05, 0.1) is 7.11 Å². The Bertz CT molecular complexity index is 1240. The van der Waals surface area contributed by atoms with Gasteiger partial charge in [0, 0.05) is 59.6 Å². The number of benzene rings is 3. The molecule has 3 aromatic carbocycles. The summed E-state index contributed by atoms with van der Waals surface area (Å²) in [5.41, 5.74) is 3.56. The first kappa shape index (κ1) is 20.5. The lowest BCUT2D eigenvalue weighted by atomic mass is 10.1. The van der Waals surface area contributed by atoms with Crippen LogP contribution >= 0.6 is 11.6 Å². The monoisotopic (exact) mass is 446 g/mol. The highest BCUT2D eigenvalue weighted by Crippen LogP contribution is 2.27. The topological polar surface area (TPSA) is 45.9 Å². The summed E-state index contributed by atoms with van der Waals surface area (Å²) < 4.78 is 11.0. The summed E-state index contributed by atoms with van der Waals surface area (Å²) in [5.74, 6) is 0.906. The number of nitrogens with zero attached hydrogens (tertiary/aromatic N) is 2. The van der Waals surface area contributed by atoms with Crippen LogP contribution in [0.25, 0.3) is 11.0 Å². The SMILES string of the molecule is COc1ccc2cc(C(=O)c3ccc(N4CCN(c5ccc(Cl)cc5)CC4)cc3)oc2c1. The van der Waals surface area contributed by atoms with Crippen molar-refractivity contribution in [3.63, 3.8) is 0 Å². The number of halogens is 1. The van der Waals surface area contributed by atoms with E-state index in [2.05, 4.69) is 21.9 Å². The van der Waals surface area contributed by atoms with E-state index >= 15 is 0 Å². The average Bonchev–Trinajstić information content (AvgIpc) is 3.28. The molecule has 5 nitrogen and oxygen atoms in total. The van der Waals surface area contributed by atoms with E-state index in [4.69, 9.17) is 20.8 Å². The van der Waals surface area contributed by atoms with Gasteiger partial charge in [0.1, 0.15) is 11.3 Å². The molecule has 6 heteroatoms. The van der Waals surface area contributed by atoms with Gasteiger partial charge in [0.2, 0.25) is 5.78 Å². The Balaban J connectivity index is 1.26. The number of rotatable bonds is 5. The Kier molecular flexibility index (Phi) is 5.50. The Hall–Kier alpha value is -3.44. The number of hydrogen-bond donors (Lipinski definition) is 0. The number of carbonyl (C=O) groups excluding carboxylic acids is 1. The average molecular weight is 447 g/mol. The van der Waals surface area contributed by atoms with E-state index in [1.165, 1.54) is 5.69 Å². The van der Waals surface area contributed by atoms with Crippen molar-refractivity contribution in [3.05, 3.63) is 89.1 Å². The van der Waals surface area contributed by atoms with E-state index in [0.29, 0.717) is 22.7 Å². The standard InChI is InChI=1S/C26H23ClN2O3/c1-31-23-11-4-19-16-25(32-24(19)17-23)26(30)18-2-7-21(8-3-18)28-12-14-29(15-13-28)22-9-5-20(27)6-10-22/h2-11,16-17H,12-15H2,1H3. The van der Waals surface area contributed by atoms with Crippen molar-refractivity contribution in [2.45, 2.75) is 0 Å². The summed E-state index contributed by atoms with van der Waals surface area (Å²) in [4.78, 5) is 17.6. The third kappa shape index (κ3) is 4.04. The van der Waals surface area contributed by atoms with E-state index in [1.807, 2.05) is 48.5 Å². The van der Waals surface area contributed by atoms with E-state index in [9.17, 15) is 4.79 Å². The fourth-order valence-corrected chi connectivity index (χ4v) is 4.22. The Labute approximate surface area is 191 Å². The molecule has 32 heavy (non-hydrogen) atoms. The van der Waals surface area contributed by atoms with Gasteiger partial charge < -0.3 is 19.0 Å². The molecule has 1 fully saturated rings. The van der Waals surface area contributed by atoms with Crippen molar-refractivity contribution in [2.75, 3.05) is 43.1 Å². The molecule has 162 valence electrons. The van der Waals surface area contributed by atoms with Crippen molar-refractivity contribution in [2.24, 2.45) is 0 Å². The Morgan fingerprint density at radius 1 is 0.844 bits per heavy atom. The quantitative estimate of drug-likeness (QED) is 0.370. The summed E-state index contributed by atoms with van der Waals surface area (Å²) in [6.45, 7) is 3.71. The molecule has 0 spiro atoms. The summed E-state index contributed by atoms with van der Waals surface area (Å²) in [6, 6.07) is 23.1. The zero-order chi connectivity index (χ0) is 22.1. The maximum Gasteiger partial charge on any atom is 0.228 e. The molecule has 1 aliphatic rings. The van der Waals surface area contributed by atoms with Gasteiger partial charge in [-0.3, -0.25) is 4.79 Å². The Morgan fingerprint density at radius 3 is 2.03 bits per heavy atom. The van der Waals surface area contributed by atoms with Gasteiger partial charge in [-0.15, -0.1) is 0 Å². The van der Waals surface area contributed by atoms with Crippen LogP contribution in [0.1, 0.15) is 16.1 Å². The molecule has 2 heterocycles. The fourth-order valence-electron chi connectivity index (χ4n) is 4.09. The molecule has 5 rings (SSSR count). The summed E-state index contributed by atoms with van der Waals surface area (Å²) in [7, 11) is 1.61. The lowest BCUT2D eigenvalue weighted by Gasteiger charge is -2.37. The predicted octanol–water partition coefficient (Wildman–Crippen LogP) is 5.65. The van der Waals surface area contributed by atoms with Crippen LogP contribution in [0.15, 0.2) is 77.2 Å². The lowest BCUT2D eigenvalue weighted by Crippen LogP contribution is -2.46. The molecule has 0 unspecified atom stereocenters. The molecule has 0 radical (unpaired) electrons. The van der Waals surface area contributed by atoms with Crippen LogP contribution in [0.4, 0.5) is 11.4 Å². The first-order chi connectivity index (χ1) is 15.6. The molecule has 4 aromatic rings. The van der Waals surface area contributed by atoms with E-state index in [0.717, 1.165) is 42.3 Å². The number of furan rings is 1.